The summed E-state index contributed by atoms with van der Waals surface area (Å²) in [4.78, 5) is 30.8. The first-order valence-corrected chi connectivity index (χ1v) is 9.94. The summed E-state index contributed by atoms with van der Waals surface area (Å²) >= 11 is 0. The third-order valence-electron chi connectivity index (χ3n) is 4.92. The van der Waals surface area contributed by atoms with Gasteiger partial charge in [-0.1, -0.05) is 12.7 Å². The molecule has 0 aliphatic carbocycles. The van der Waals surface area contributed by atoms with Gasteiger partial charge in [-0.2, -0.15) is 0 Å². The van der Waals surface area contributed by atoms with Crippen molar-refractivity contribution in [3.8, 4) is 0 Å². The van der Waals surface area contributed by atoms with Gasteiger partial charge in [-0.05, 0) is 58.7 Å². The number of ether oxygens (including phenoxy) is 2. The molecule has 0 atom stereocenters. The number of carbonyl (C=O) groups excluding carboxylic acids is 2. The highest BCUT2D eigenvalue weighted by Gasteiger charge is 2.29. The summed E-state index contributed by atoms with van der Waals surface area (Å²) in [5.74, 6) is 0.511. The average molecular weight is 399 g/mol. The Morgan fingerprint density at radius 1 is 1.28 bits per heavy atom. The van der Waals surface area contributed by atoms with Crippen molar-refractivity contribution in [1.29, 1.82) is 0 Å². The number of hydrogen-bond acceptors (Lipinski definition) is 5. The molecule has 1 amide bonds. The van der Waals surface area contributed by atoms with Crippen molar-refractivity contribution in [2.45, 2.75) is 52.2 Å². The van der Waals surface area contributed by atoms with Crippen LogP contribution in [0.4, 0.5) is 4.79 Å². The van der Waals surface area contributed by atoms with Crippen LogP contribution in [-0.2, 0) is 9.47 Å². The molecule has 1 saturated heterocycles. The average Bonchev–Trinajstić information content (AvgIpc) is 2.99. The number of benzene rings is 1. The summed E-state index contributed by atoms with van der Waals surface area (Å²) in [6.45, 7) is 12.6. The first-order valence-electron chi connectivity index (χ1n) is 9.94. The van der Waals surface area contributed by atoms with Gasteiger partial charge in [0, 0.05) is 19.1 Å². The van der Waals surface area contributed by atoms with Crippen LogP contribution in [0, 0.1) is 6.92 Å². The van der Waals surface area contributed by atoms with E-state index < -0.39 is 5.60 Å². The van der Waals surface area contributed by atoms with Gasteiger partial charge in [0.2, 0.25) is 0 Å². The fourth-order valence-corrected chi connectivity index (χ4v) is 3.66. The molecule has 0 radical (unpaired) electrons. The van der Waals surface area contributed by atoms with E-state index in [1.807, 2.05) is 33.8 Å². The van der Waals surface area contributed by atoms with Crippen LogP contribution in [0.15, 0.2) is 30.9 Å². The molecule has 3 rings (SSSR count). The molecule has 0 saturated carbocycles. The number of imidazole rings is 1. The van der Waals surface area contributed by atoms with Gasteiger partial charge in [-0.3, -0.25) is 0 Å². The van der Waals surface area contributed by atoms with E-state index in [1.54, 1.807) is 23.1 Å². The lowest BCUT2D eigenvalue weighted by atomic mass is 10.0. The molecule has 0 bridgehead atoms. The van der Waals surface area contributed by atoms with Crippen LogP contribution in [0.25, 0.3) is 11.0 Å². The van der Waals surface area contributed by atoms with Crippen LogP contribution in [0.5, 0.6) is 0 Å². The zero-order valence-electron chi connectivity index (χ0n) is 17.6. The van der Waals surface area contributed by atoms with Gasteiger partial charge in [0.1, 0.15) is 18.0 Å². The summed E-state index contributed by atoms with van der Waals surface area (Å²) in [5, 5.41) is 0. The van der Waals surface area contributed by atoms with Crippen LogP contribution < -0.4 is 0 Å². The summed E-state index contributed by atoms with van der Waals surface area (Å²) in [6, 6.07) is 5.69. The Bertz CT molecular complexity index is 918. The Kier molecular flexibility index (Phi) is 5.96. The Balaban J connectivity index is 1.74. The Morgan fingerprint density at radius 3 is 2.59 bits per heavy atom. The molecule has 1 aromatic carbocycles. The number of likely N-dealkylation sites (tertiary alicyclic amines) is 1. The zero-order chi connectivity index (χ0) is 21.2. The van der Waals surface area contributed by atoms with Crippen molar-refractivity contribution in [3.05, 3.63) is 42.2 Å². The van der Waals surface area contributed by atoms with Crippen molar-refractivity contribution >= 4 is 23.1 Å². The predicted octanol–water partition coefficient (Wildman–Crippen LogP) is 4.26. The number of fused-ring (bicyclic) bond motifs is 1. The quantitative estimate of drug-likeness (QED) is 0.567. The van der Waals surface area contributed by atoms with E-state index in [1.165, 1.54) is 0 Å². The Morgan fingerprint density at radius 2 is 1.97 bits per heavy atom. The fraction of sp³-hybridized carbons (Fsp3) is 0.500. The molecule has 1 aromatic heterocycles. The van der Waals surface area contributed by atoms with Crippen molar-refractivity contribution in [2.24, 2.45) is 0 Å². The normalized spacial score (nSPS) is 15.4. The second-order valence-electron chi connectivity index (χ2n) is 8.32. The number of hydrogen-bond donors (Lipinski definition) is 0. The zero-order valence-corrected chi connectivity index (χ0v) is 17.6. The number of nitrogens with zero attached hydrogens (tertiary/aromatic N) is 3. The first kappa shape index (κ1) is 20.9. The largest absolute Gasteiger partial charge is 0.458 e. The molecule has 29 heavy (non-hydrogen) atoms. The molecule has 7 heteroatoms. The molecule has 7 nitrogen and oxygen atoms in total. The fourth-order valence-electron chi connectivity index (χ4n) is 3.66. The summed E-state index contributed by atoms with van der Waals surface area (Å²) in [6.07, 6.45) is 2.94. The minimum Gasteiger partial charge on any atom is -0.458 e. The Hall–Kier alpha value is -2.83. The van der Waals surface area contributed by atoms with Gasteiger partial charge in [-0.15, -0.1) is 0 Å². The lowest BCUT2D eigenvalue weighted by Crippen LogP contribution is -2.42. The van der Waals surface area contributed by atoms with Gasteiger partial charge in [0.25, 0.3) is 0 Å². The first-order chi connectivity index (χ1) is 13.7. The van der Waals surface area contributed by atoms with Crippen molar-refractivity contribution < 1.29 is 19.1 Å². The van der Waals surface area contributed by atoms with Crippen molar-refractivity contribution in [3.63, 3.8) is 0 Å². The maximum absolute atomic E-state index is 12.3. The number of carbonyl (C=O) groups is 2. The molecular formula is C22H29N3O4. The maximum atomic E-state index is 12.3. The van der Waals surface area contributed by atoms with E-state index in [0.717, 1.165) is 29.7 Å². The highest BCUT2D eigenvalue weighted by molar-refractivity contribution is 5.93. The van der Waals surface area contributed by atoms with E-state index in [0.29, 0.717) is 18.7 Å². The predicted molar refractivity (Wildman–Crippen MR) is 111 cm³/mol. The highest BCUT2D eigenvalue weighted by atomic mass is 16.6. The molecule has 2 aromatic rings. The minimum atomic E-state index is -0.490. The SMILES string of the molecule is C=CCOC(=O)c1ccc2c(c1)nc(C)n2C1CCN(C(=O)OC(C)(C)C)CC1. The molecule has 1 aliphatic rings. The Labute approximate surface area is 171 Å². The highest BCUT2D eigenvalue weighted by Crippen LogP contribution is 2.29. The summed E-state index contributed by atoms with van der Waals surface area (Å²) < 4.78 is 12.8. The lowest BCUT2D eigenvalue weighted by molar-refractivity contribution is 0.0189. The number of piperidine rings is 1. The van der Waals surface area contributed by atoms with Crippen LogP contribution in [-0.4, -0.2) is 51.8 Å². The molecular weight excluding hydrogens is 370 g/mol. The minimum absolute atomic E-state index is 0.181. The number of amides is 1. The van der Waals surface area contributed by atoms with E-state index in [-0.39, 0.29) is 24.7 Å². The third kappa shape index (κ3) is 4.78. The monoisotopic (exact) mass is 399 g/mol. The van der Waals surface area contributed by atoms with Gasteiger partial charge >= 0.3 is 12.1 Å². The second kappa shape index (κ2) is 8.27. The van der Waals surface area contributed by atoms with Crippen LogP contribution >= 0.6 is 0 Å². The molecule has 0 unspecified atom stereocenters. The molecule has 2 heterocycles. The van der Waals surface area contributed by atoms with Crippen molar-refractivity contribution in [2.75, 3.05) is 19.7 Å². The van der Waals surface area contributed by atoms with Crippen molar-refractivity contribution in [1.82, 2.24) is 14.5 Å². The summed E-state index contributed by atoms with van der Waals surface area (Å²) in [5.41, 5.74) is 1.74. The lowest BCUT2D eigenvalue weighted by Gasteiger charge is -2.34. The number of rotatable bonds is 4. The van der Waals surface area contributed by atoms with E-state index in [2.05, 4.69) is 16.1 Å². The van der Waals surface area contributed by atoms with Crippen LogP contribution in [0.1, 0.15) is 55.8 Å². The molecule has 0 spiro atoms. The topological polar surface area (TPSA) is 73.7 Å². The van der Waals surface area contributed by atoms with E-state index in [9.17, 15) is 9.59 Å². The molecule has 156 valence electrons. The third-order valence-corrected chi connectivity index (χ3v) is 4.92. The van der Waals surface area contributed by atoms with Gasteiger partial charge < -0.3 is 18.9 Å². The van der Waals surface area contributed by atoms with Crippen LogP contribution in [0.2, 0.25) is 0 Å². The summed E-state index contributed by atoms with van der Waals surface area (Å²) in [7, 11) is 0. The molecule has 1 aliphatic heterocycles. The maximum Gasteiger partial charge on any atom is 0.410 e. The van der Waals surface area contributed by atoms with Gasteiger partial charge in [-0.25, -0.2) is 14.6 Å². The standard InChI is InChI=1S/C22H29N3O4/c1-6-13-28-20(26)16-7-8-19-18(14-16)23-15(2)25(19)17-9-11-24(12-10-17)21(27)29-22(3,4)5/h6-8,14,17H,1,9-13H2,2-5H3. The number of aryl methyl sites for hydroxylation is 1. The van der Waals surface area contributed by atoms with E-state index >= 15 is 0 Å². The van der Waals surface area contributed by atoms with Crippen LogP contribution in [0.3, 0.4) is 0 Å². The second-order valence-corrected chi connectivity index (χ2v) is 8.32. The molecule has 1 fully saturated rings. The van der Waals surface area contributed by atoms with Gasteiger partial charge in [0.05, 0.1) is 16.6 Å². The smallest absolute Gasteiger partial charge is 0.410 e. The van der Waals surface area contributed by atoms with Gasteiger partial charge in [0.15, 0.2) is 0 Å². The van der Waals surface area contributed by atoms with E-state index in [4.69, 9.17) is 9.47 Å². The molecule has 0 N–H and O–H groups in total. The number of esters is 1. The number of aromatic nitrogens is 2.